The summed E-state index contributed by atoms with van der Waals surface area (Å²) in [5.41, 5.74) is -0.732. The highest BCUT2D eigenvalue weighted by Crippen LogP contribution is 2.53. The van der Waals surface area contributed by atoms with Crippen molar-refractivity contribution in [1.29, 1.82) is 0 Å². The van der Waals surface area contributed by atoms with Crippen LogP contribution in [0.3, 0.4) is 0 Å². The van der Waals surface area contributed by atoms with Crippen molar-refractivity contribution in [3.63, 3.8) is 0 Å². The highest BCUT2D eigenvalue weighted by atomic mass is 19.1. The number of carbonyl (C=O) groups is 7. The number of ketones is 1. The summed E-state index contributed by atoms with van der Waals surface area (Å²) in [6, 6.07) is 13.1. The molecule has 3 aromatic carbocycles. The van der Waals surface area contributed by atoms with Crippen LogP contribution in [0.5, 0.6) is 34.5 Å². The molecule has 6 aliphatic rings. The van der Waals surface area contributed by atoms with Gasteiger partial charge in [-0.3, -0.25) is 19.5 Å². The average molecular weight is 1380 g/mol. The van der Waals surface area contributed by atoms with Crippen molar-refractivity contribution in [1.82, 2.24) is 29.7 Å². The van der Waals surface area contributed by atoms with Gasteiger partial charge in [0.25, 0.3) is 0 Å². The molecular weight excluding hydrogens is 1290 g/mol. The van der Waals surface area contributed by atoms with Crippen LogP contribution in [0, 0.1) is 20.8 Å². The van der Waals surface area contributed by atoms with Crippen molar-refractivity contribution in [3.8, 4) is 34.5 Å². The molecule has 532 valence electrons. The molecule has 3 aromatic heterocycles. The van der Waals surface area contributed by atoms with Gasteiger partial charge in [-0.25, -0.2) is 52.5 Å². The van der Waals surface area contributed by atoms with E-state index in [-0.39, 0.29) is 63.9 Å². The normalized spacial score (nSPS) is 23.7. The van der Waals surface area contributed by atoms with Crippen LogP contribution >= 0.6 is 0 Å². The highest BCUT2D eigenvalue weighted by molar-refractivity contribution is 6.11. The van der Waals surface area contributed by atoms with Crippen molar-refractivity contribution in [2.24, 2.45) is 0 Å². The topological polar surface area (TPSA) is 279 Å². The monoisotopic (exact) mass is 1380 g/mol. The number of esters is 3. The lowest BCUT2D eigenvalue weighted by molar-refractivity contribution is -0.146. The van der Waals surface area contributed by atoms with E-state index in [9.17, 15) is 33.6 Å². The fourth-order valence-corrected chi connectivity index (χ4v) is 13.8. The third kappa shape index (κ3) is 14.6. The molecule has 6 aromatic rings. The van der Waals surface area contributed by atoms with Crippen molar-refractivity contribution >= 4 is 74.7 Å². The van der Waals surface area contributed by atoms with Crippen LogP contribution in [0.15, 0.2) is 54.6 Å². The maximum absolute atomic E-state index is 15.8. The minimum Gasteiger partial charge on any atom is -0.497 e. The van der Waals surface area contributed by atoms with Crippen LogP contribution in [0.4, 0.5) is 23.2 Å². The number of Topliss-reactive ketones (excluding diaryl/α,β-unsaturated/α-hetero) is 1. The molecule has 0 radical (unpaired) electrons. The summed E-state index contributed by atoms with van der Waals surface area (Å²) in [6.45, 7) is 21.0. The molecule has 27 heteroatoms. The maximum Gasteiger partial charge on any atom is 0.411 e. The van der Waals surface area contributed by atoms with Gasteiger partial charge in [0.15, 0.2) is 11.5 Å². The smallest absolute Gasteiger partial charge is 0.411 e. The highest BCUT2D eigenvalue weighted by Gasteiger charge is 2.59. The second-order valence-electron chi connectivity index (χ2n) is 28.8. The number of hydrogen-bond acceptors (Lipinski definition) is 22. The number of nitrogens with zero attached hydrogens (tertiary/aromatic N) is 6. The molecule has 99 heavy (non-hydrogen) atoms. The van der Waals surface area contributed by atoms with E-state index in [1.165, 1.54) is 36.0 Å². The van der Waals surface area contributed by atoms with Gasteiger partial charge in [-0.2, -0.15) is 0 Å². The molecule has 6 aliphatic heterocycles. The van der Waals surface area contributed by atoms with Gasteiger partial charge in [0.05, 0.1) is 108 Å². The summed E-state index contributed by atoms with van der Waals surface area (Å²) < 4.78 is 98.0. The Hall–Kier alpha value is -9.56. The van der Waals surface area contributed by atoms with Crippen LogP contribution in [0.1, 0.15) is 152 Å². The van der Waals surface area contributed by atoms with Gasteiger partial charge in [0.1, 0.15) is 92.8 Å². The average Bonchev–Trinajstić information content (AvgIpc) is 1.72. The molecule has 0 aliphatic carbocycles. The molecule has 3 spiro atoms. The second kappa shape index (κ2) is 26.9. The Kier molecular flexibility index (Phi) is 19.6. The van der Waals surface area contributed by atoms with Crippen molar-refractivity contribution in [2.45, 2.75) is 186 Å². The van der Waals surface area contributed by atoms with Crippen molar-refractivity contribution in [2.75, 3.05) is 62.3 Å². The molecule has 0 N–H and O–H groups in total. The third-order valence-electron chi connectivity index (χ3n) is 18.0. The largest absolute Gasteiger partial charge is 0.497 e. The predicted molar refractivity (Wildman–Crippen MR) is 355 cm³/mol. The van der Waals surface area contributed by atoms with E-state index in [2.05, 4.69) is 15.0 Å². The lowest BCUT2D eigenvalue weighted by Crippen LogP contribution is -2.47. The number of halogens is 2. The number of rotatable bonds is 6. The first-order valence-corrected chi connectivity index (χ1v) is 32.5. The van der Waals surface area contributed by atoms with Gasteiger partial charge in [-0.05, 0) is 138 Å². The van der Waals surface area contributed by atoms with Crippen LogP contribution in [-0.2, 0) is 42.8 Å². The molecule has 8 atom stereocenters. The van der Waals surface area contributed by atoms with Crippen LogP contribution in [0.2, 0.25) is 0 Å². The maximum atomic E-state index is 15.8. The summed E-state index contributed by atoms with van der Waals surface area (Å²) in [5, 5.41) is 1.87. The van der Waals surface area contributed by atoms with Crippen molar-refractivity contribution in [3.05, 3.63) is 88.4 Å². The quantitative estimate of drug-likeness (QED) is 0.111. The van der Waals surface area contributed by atoms with Crippen molar-refractivity contribution < 1.29 is 99.2 Å². The molecule has 12 rings (SSSR count). The molecule has 0 bridgehead atoms. The molecule has 25 nitrogen and oxygen atoms in total. The molecular formula is C72H86F2N6O19. The number of ether oxygens (including phenoxy) is 12. The molecule has 3 fully saturated rings. The van der Waals surface area contributed by atoms with E-state index in [0.717, 1.165) is 0 Å². The summed E-state index contributed by atoms with van der Waals surface area (Å²) in [7, 11) is 8.41. The Labute approximate surface area is 572 Å². The molecule has 0 unspecified atom stereocenters. The zero-order valence-electron chi connectivity index (χ0n) is 59.1. The summed E-state index contributed by atoms with van der Waals surface area (Å²) in [6.07, 6.45) is -4.52. The number of benzene rings is 3. The van der Waals surface area contributed by atoms with Gasteiger partial charge in [-0.15, -0.1) is 0 Å². The van der Waals surface area contributed by atoms with E-state index in [4.69, 9.17) is 56.8 Å². The molecule has 9 heterocycles. The molecule has 0 saturated carbocycles. The second-order valence-corrected chi connectivity index (χ2v) is 28.8. The predicted octanol–water partition coefficient (Wildman–Crippen LogP) is 12.0. The zero-order valence-corrected chi connectivity index (χ0v) is 59.1. The SMILES string of the molecule is COC(=O)[C@@H]1C[C@]2(CC(=O)c3c(c(C)nc4ccc(OC)cc34)O2)CN1C(=O)OC(C)(C)C.COC(=O)[C@@H]1C[C@]2(C[C@@H](F)c3c(c(C)nc4ccc(OC)cc34)O2)CN1C(=O)OC(C)(C)C.COC(=O)[C@@H]1C[C@]2(C[C@H](F)c3c(c(C)nc4ccc(OC)cc34)O2)CN1C(=O)OC(C)(C)C. The minimum atomic E-state index is -1.39. The first-order valence-electron chi connectivity index (χ1n) is 32.5. The van der Waals surface area contributed by atoms with Gasteiger partial charge < -0.3 is 56.8 Å². The number of alkyl halides is 2. The van der Waals surface area contributed by atoms with Gasteiger partial charge in [0.2, 0.25) is 0 Å². The van der Waals surface area contributed by atoms with Gasteiger partial charge in [0, 0.05) is 59.4 Å². The number of pyridine rings is 3. The van der Waals surface area contributed by atoms with E-state index < -0.39 is 100 Å². The number of fused-ring (bicyclic) bond motifs is 9. The number of hydrogen-bond donors (Lipinski definition) is 0. The first-order chi connectivity index (χ1) is 46.4. The number of aryl methyl sites for hydroxylation is 3. The number of amides is 3. The van der Waals surface area contributed by atoms with Crippen LogP contribution in [-0.4, -0.2) is 186 Å². The Balaban J connectivity index is 0.000000161. The Morgan fingerprint density at radius 1 is 0.455 bits per heavy atom. The van der Waals surface area contributed by atoms with E-state index in [1.54, 1.807) is 159 Å². The van der Waals surface area contributed by atoms with Gasteiger partial charge in [-0.1, -0.05) is 0 Å². The van der Waals surface area contributed by atoms with E-state index >= 15 is 8.78 Å². The van der Waals surface area contributed by atoms with Gasteiger partial charge >= 0.3 is 36.2 Å². The Morgan fingerprint density at radius 3 is 1.09 bits per heavy atom. The number of aromatic nitrogens is 3. The van der Waals surface area contributed by atoms with Crippen LogP contribution < -0.4 is 28.4 Å². The Morgan fingerprint density at radius 2 is 0.758 bits per heavy atom. The van der Waals surface area contributed by atoms with E-state index in [0.29, 0.717) is 101 Å². The fourth-order valence-electron chi connectivity index (χ4n) is 13.8. The number of methoxy groups -OCH3 is 6. The molecule has 3 amide bonds. The lowest BCUT2D eigenvalue weighted by atomic mass is 9.86. The Bertz CT molecular complexity index is 4050. The minimum absolute atomic E-state index is 0.00253. The summed E-state index contributed by atoms with van der Waals surface area (Å²) in [4.78, 5) is 107. The molecule has 3 saturated heterocycles. The summed E-state index contributed by atoms with van der Waals surface area (Å²) >= 11 is 0. The van der Waals surface area contributed by atoms with Crippen LogP contribution in [0.25, 0.3) is 32.7 Å². The standard InChI is InChI=1S/2C24H29FN2O6.C24H28N2O7/c2*1-13-20-19(15-9-14(30-5)7-8-17(15)26-13)16(25)10-24(32-20)11-18(21(28)31-6)27(12-24)22(29)33-23(2,3)4;1-13-20-19(15-9-14(30-5)7-8-16(15)25-13)18(27)11-24(32-20)10-17(21(28)31-6)26(12-24)22(29)33-23(2,3)4/h2*7-9,16,18H,10-12H2,1-6H3;7-9,17H,10-12H2,1-6H3/t16-,18+,24-;16-,18-,24+;17-,24-/m100/s1. The number of likely N-dealkylation sites (tertiary alicyclic amines) is 3. The zero-order chi connectivity index (χ0) is 72.4. The number of carbonyl (C=O) groups excluding carboxylic acids is 7. The first kappa shape index (κ1) is 72.2. The summed E-state index contributed by atoms with van der Waals surface area (Å²) in [5.74, 6) is 0.894. The van der Waals surface area contributed by atoms with E-state index in [1.807, 2.05) is 0 Å². The third-order valence-corrected chi connectivity index (χ3v) is 18.0. The fraction of sp³-hybridized carbons (Fsp3) is 0.528. The lowest BCUT2D eigenvalue weighted by Gasteiger charge is -2.38.